The monoisotopic (exact) mass is 408 g/mol. The molecule has 0 amide bonds. The number of carbonyl (C=O) groups excluding carboxylic acids is 1. The summed E-state index contributed by atoms with van der Waals surface area (Å²) in [7, 11) is 0. The summed E-state index contributed by atoms with van der Waals surface area (Å²) >= 11 is 0. The van der Waals surface area contributed by atoms with Crippen molar-refractivity contribution in [2.24, 2.45) is 29.1 Å². The van der Waals surface area contributed by atoms with Gasteiger partial charge in [0.25, 0.3) is 0 Å². The van der Waals surface area contributed by atoms with E-state index in [9.17, 15) is 14.7 Å². The van der Waals surface area contributed by atoms with Gasteiger partial charge in [-0.2, -0.15) is 0 Å². The molecule has 0 saturated heterocycles. The van der Waals surface area contributed by atoms with E-state index in [0.717, 1.165) is 19.3 Å². The number of unbranched alkanes of at least 4 members (excludes halogenated alkanes) is 5. The van der Waals surface area contributed by atoms with E-state index in [2.05, 4.69) is 20.8 Å². The number of hydrogen-bond donors (Lipinski definition) is 1. The number of hydrogen-bond acceptors (Lipinski definition) is 3. The van der Waals surface area contributed by atoms with Crippen molar-refractivity contribution in [3.8, 4) is 0 Å². The van der Waals surface area contributed by atoms with Crippen LogP contribution in [0.3, 0.4) is 0 Å². The van der Waals surface area contributed by atoms with E-state index in [1.54, 1.807) is 0 Å². The van der Waals surface area contributed by atoms with Crippen LogP contribution in [0.5, 0.6) is 0 Å². The van der Waals surface area contributed by atoms with Gasteiger partial charge in [-0.25, -0.2) is 0 Å². The van der Waals surface area contributed by atoms with Crippen molar-refractivity contribution in [3.63, 3.8) is 0 Å². The third kappa shape index (κ3) is 7.61. The Kier molecular flexibility index (Phi) is 9.98. The van der Waals surface area contributed by atoms with Crippen LogP contribution in [0.15, 0.2) is 0 Å². The van der Waals surface area contributed by atoms with E-state index >= 15 is 0 Å². The Balaban J connectivity index is 1.72. The molecule has 1 N–H and O–H groups in total. The Labute approximate surface area is 178 Å². The highest BCUT2D eigenvalue weighted by molar-refractivity contribution is 5.81. The van der Waals surface area contributed by atoms with Crippen LogP contribution >= 0.6 is 0 Å². The fourth-order valence-electron chi connectivity index (χ4n) is 5.68. The highest BCUT2D eigenvalue weighted by Gasteiger charge is 2.39. The van der Waals surface area contributed by atoms with Gasteiger partial charge in [-0.05, 0) is 55.8 Å². The number of rotatable bonds is 11. The molecule has 2 aliphatic carbocycles. The Morgan fingerprint density at radius 2 is 1.66 bits per heavy atom. The molecule has 0 aliphatic heterocycles. The smallest absolute Gasteiger partial charge is 0.309 e. The van der Waals surface area contributed by atoms with Gasteiger partial charge >= 0.3 is 11.9 Å². The molecule has 2 aliphatic rings. The molecule has 0 aromatic carbocycles. The van der Waals surface area contributed by atoms with Gasteiger partial charge < -0.3 is 9.84 Å². The fourth-order valence-corrected chi connectivity index (χ4v) is 5.68. The number of carboxylic acids is 1. The van der Waals surface area contributed by atoms with Crippen LogP contribution < -0.4 is 0 Å². The van der Waals surface area contributed by atoms with Crippen molar-refractivity contribution < 1.29 is 19.4 Å². The van der Waals surface area contributed by atoms with E-state index in [4.69, 9.17) is 4.74 Å². The van der Waals surface area contributed by atoms with Crippen LogP contribution in [0.25, 0.3) is 0 Å². The first-order chi connectivity index (χ1) is 13.9. The van der Waals surface area contributed by atoms with Crippen LogP contribution in [0.2, 0.25) is 0 Å². The van der Waals surface area contributed by atoms with E-state index in [1.165, 1.54) is 57.8 Å². The molecule has 0 radical (unpaired) electrons. The lowest BCUT2D eigenvalue weighted by Gasteiger charge is -2.41. The summed E-state index contributed by atoms with van der Waals surface area (Å²) in [5.74, 6) is -1.14. The zero-order chi connectivity index (χ0) is 21.3. The molecule has 2 saturated carbocycles. The average molecular weight is 409 g/mol. The molecule has 5 unspecified atom stereocenters. The number of esters is 1. The summed E-state index contributed by atoms with van der Waals surface area (Å²) < 4.78 is 5.67. The Morgan fingerprint density at radius 1 is 1.00 bits per heavy atom. The van der Waals surface area contributed by atoms with Gasteiger partial charge in [0.1, 0.15) is 0 Å². The summed E-state index contributed by atoms with van der Waals surface area (Å²) in [6.45, 7) is 7.48. The van der Waals surface area contributed by atoms with Gasteiger partial charge in [-0.3, -0.25) is 9.59 Å². The molecule has 4 nitrogen and oxygen atoms in total. The molecule has 4 heteroatoms. The van der Waals surface area contributed by atoms with Crippen molar-refractivity contribution in [1.29, 1.82) is 0 Å². The molecule has 0 heterocycles. The standard InChI is InChI=1S/C25H44O4/c1-4-5-6-7-8-11-15-25(3)16-14-20(19(2)17-25)18-29-24(28)22-13-10-9-12-21(22)23(26)27/h19-22H,4-18H2,1-3H3,(H,26,27). The second-order valence-electron chi connectivity index (χ2n) is 10.3. The normalized spacial score (nSPS) is 32.7. The highest BCUT2D eigenvalue weighted by atomic mass is 16.5. The second kappa shape index (κ2) is 12.0. The van der Waals surface area contributed by atoms with Crippen LogP contribution in [0, 0.1) is 29.1 Å². The molecule has 168 valence electrons. The van der Waals surface area contributed by atoms with Crippen molar-refractivity contribution in [2.75, 3.05) is 6.61 Å². The maximum atomic E-state index is 12.6. The van der Waals surface area contributed by atoms with Gasteiger partial charge in [0.2, 0.25) is 0 Å². The van der Waals surface area contributed by atoms with Gasteiger partial charge in [0, 0.05) is 0 Å². The third-order valence-electron chi connectivity index (χ3n) is 7.70. The van der Waals surface area contributed by atoms with Crippen molar-refractivity contribution >= 4 is 11.9 Å². The average Bonchev–Trinajstić information content (AvgIpc) is 2.69. The predicted molar refractivity (Wildman–Crippen MR) is 117 cm³/mol. The Bertz CT molecular complexity index is 517. The quantitative estimate of drug-likeness (QED) is 0.308. The summed E-state index contributed by atoms with van der Waals surface area (Å²) in [6.07, 6.45) is 16.1. The van der Waals surface area contributed by atoms with Gasteiger partial charge in [0.15, 0.2) is 0 Å². The highest BCUT2D eigenvalue weighted by Crippen LogP contribution is 2.45. The minimum Gasteiger partial charge on any atom is -0.481 e. The minimum absolute atomic E-state index is 0.273. The van der Waals surface area contributed by atoms with Gasteiger partial charge in [0.05, 0.1) is 18.4 Å². The van der Waals surface area contributed by atoms with Crippen LogP contribution in [0.4, 0.5) is 0 Å². The Morgan fingerprint density at radius 3 is 2.31 bits per heavy atom. The number of carbonyl (C=O) groups is 2. The third-order valence-corrected chi connectivity index (χ3v) is 7.70. The largest absolute Gasteiger partial charge is 0.481 e. The lowest BCUT2D eigenvalue weighted by atomic mass is 9.65. The van der Waals surface area contributed by atoms with Crippen LogP contribution in [-0.2, 0) is 14.3 Å². The summed E-state index contributed by atoms with van der Waals surface area (Å²) in [4.78, 5) is 24.0. The summed E-state index contributed by atoms with van der Waals surface area (Å²) in [5, 5.41) is 9.40. The van der Waals surface area contributed by atoms with Crippen LogP contribution in [-0.4, -0.2) is 23.7 Å². The summed E-state index contributed by atoms with van der Waals surface area (Å²) in [6, 6.07) is 0. The molecule has 0 aromatic rings. The van der Waals surface area contributed by atoms with Crippen molar-refractivity contribution in [3.05, 3.63) is 0 Å². The molecule has 2 fully saturated rings. The first-order valence-electron chi connectivity index (χ1n) is 12.3. The van der Waals surface area contributed by atoms with E-state index in [-0.39, 0.29) is 5.97 Å². The first kappa shape index (κ1) is 24.2. The van der Waals surface area contributed by atoms with Crippen molar-refractivity contribution in [2.45, 2.75) is 111 Å². The molecular formula is C25H44O4. The first-order valence-corrected chi connectivity index (χ1v) is 12.3. The van der Waals surface area contributed by atoms with Gasteiger partial charge in [-0.1, -0.05) is 72.1 Å². The summed E-state index contributed by atoms with van der Waals surface area (Å²) in [5.41, 5.74) is 0.433. The Hall–Kier alpha value is -1.06. The van der Waals surface area contributed by atoms with Crippen LogP contribution in [0.1, 0.15) is 111 Å². The predicted octanol–water partition coefficient (Wildman–Crippen LogP) is 6.61. The van der Waals surface area contributed by atoms with Gasteiger partial charge in [-0.15, -0.1) is 0 Å². The number of carboxylic acid groups (broad SMARTS) is 1. The SMILES string of the molecule is CCCCCCCCC1(C)CCC(COC(=O)C2CCCCC2C(=O)O)C(C)C1. The molecule has 0 aromatic heterocycles. The lowest BCUT2D eigenvalue weighted by Crippen LogP contribution is -2.36. The zero-order valence-electron chi connectivity index (χ0n) is 19.1. The minimum atomic E-state index is -0.844. The molecule has 2 rings (SSSR count). The molecule has 5 atom stereocenters. The zero-order valence-corrected chi connectivity index (χ0v) is 19.1. The molecule has 0 spiro atoms. The molecular weight excluding hydrogens is 364 g/mol. The van der Waals surface area contributed by atoms with E-state index in [1.807, 2.05) is 0 Å². The topological polar surface area (TPSA) is 63.6 Å². The van der Waals surface area contributed by atoms with E-state index < -0.39 is 17.8 Å². The lowest BCUT2D eigenvalue weighted by molar-refractivity contribution is -0.161. The maximum absolute atomic E-state index is 12.6. The van der Waals surface area contributed by atoms with Crippen molar-refractivity contribution in [1.82, 2.24) is 0 Å². The molecule has 0 bridgehead atoms. The fraction of sp³-hybridized carbons (Fsp3) is 0.920. The second-order valence-corrected chi connectivity index (χ2v) is 10.3. The number of ether oxygens (including phenoxy) is 1. The maximum Gasteiger partial charge on any atom is 0.309 e. The van der Waals surface area contributed by atoms with E-state index in [0.29, 0.717) is 36.7 Å². The number of aliphatic carboxylic acids is 1. The molecule has 29 heavy (non-hydrogen) atoms.